The van der Waals surface area contributed by atoms with Gasteiger partial charge in [0.25, 0.3) is 0 Å². The van der Waals surface area contributed by atoms with E-state index < -0.39 is 0 Å². The molecule has 3 rings (SSSR count). The fourth-order valence-corrected chi connectivity index (χ4v) is 3.61. The molecule has 2 aromatic rings. The van der Waals surface area contributed by atoms with Crippen molar-refractivity contribution >= 4 is 29.0 Å². The van der Waals surface area contributed by atoms with Crippen molar-refractivity contribution in [3.63, 3.8) is 0 Å². The molecule has 1 aromatic heterocycles. The molecule has 0 radical (unpaired) electrons. The third-order valence-corrected chi connectivity index (χ3v) is 4.74. The fourth-order valence-electron chi connectivity index (χ4n) is 3.11. The second-order valence-electron chi connectivity index (χ2n) is 5.70. The van der Waals surface area contributed by atoms with Crippen LogP contribution in [0.4, 0.5) is 5.82 Å². The molecule has 1 fully saturated rings. The molecule has 2 N–H and O–H groups in total. The molecular formula is C16H18Cl2N2O. The van der Waals surface area contributed by atoms with Gasteiger partial charge in [0, 0.05) is 17.0 Å². The van der Waals surface area contributed by atoms with Crippen molar-refractivity contribution in [1.29, 1.82) is 0 Å². The molecule has 0 saturated heterocycles. The van der Waals surface area contributed by atoms with E-state index in [1.807, 2.05) is 6.07 Å². The van der Waals surface area contributed by atoms with Crippen LogP contribution >= 0.6 is 23.2 Å². The van der Waals surface area contributed by atoms with Crippen LogP contribution in [0.15, 0.2) is 22.7 Å². The smallest absolute Gasteiger partial charge is 0.175 e. The van der Waals surface area contributed by atoms with Gasteiger partial charge in [0.15, 0.2) is 5.82 Å². The van der Waals surface area contributed by atoms with Crippen LogP contribution < -0.4 is 5.73 Å². The maximum atomic E-state index is 6.30. The molecule has 0 aliphatic heterocycles. The Morgan fingerprint density at radius 1 is 1.19 bits per heavy atom. The van der Waals surface area contributed by atoms with E-state index in [1.54, 1.807) is 12.1 Å². The zero-order valence-electron chi connectivity index (χ0n) is 11.7. The Morgan fingerprint density at radius 3 is 2.67 bits per heavy atom. The maximum absolute atomic E-state index is 6.30. The molecule has 0 atom stereocenters. The Hall–Kier alpha value is -1.19. The first-order chi connectivity index (χ1) is 10.1. The molecule has 1 heterocycles. The Bertz CT molecular complexity index is 633. The normalized spacial score (nSPS) is 16.3. The molecule has 0 spiro atoms. The molecule has 0 unspecified atom stereocenters. The number of halogens is 2. The highest BCUT2D eigenvalue weighted by molar-refractivity contribution is 6.36. The highest BCUT2D eigenvalue weighted by Gasteiger charge is 2.22. The number of aromatic nitrogens is 1. The minimum atomic E-state index is 0.394. The summed E-state index contributed by atoms with van der Waals surface area (Å²) in [6.07, 6.45) is 7.29. The molecule has 1 aliphatic rings. The molecule has 3 nitrogen and oxygen atoms in total. The molecule has 5 heteroatoms. The molecule has 1 aliphatic carbocycles. The number of anilines is 1. The van der Waals surface area contributed by atoms with Gasteiger partial charge in [-0.3, -0.25) is 0 Å². The summed E-state index contributed by atoms with van der Waals surface area (Å²) >= 11 is 12.3. The topological polar surface area (TPSA) is 52.0 Å². The van der Waals surface area contributed by atoms with Crippen LogP contribution in [0.5, 0.6) is 0 Å². The van der Waals surface area contributed by atoms with E-state index in [2.05, 4.69) is 5.16 Å². The van der Waals surface area contributed by atoms with Crippen LogP contribution in [-0.2, 0) is 6.42 Å². The van der Waals surface area contributed by atoms with Gasteiger partial charge < -0.3 is 10.3 Å². The van der Waals surface area contributed by atoms with Gasteiger partial charge in [0.05, 0.1) is 10.6 Å². The van der Waals surface area contributed by atoms with Gasteiger partial charge in [0.2, 0.25) is 0 Å². The number of hydrogen-bond donors (Lipinski definition) is 1. The Labute approximate surface area is 134 Å². The number of nitrogens with two attached hydrogens (primary N) is 1. The van der Waals surface area contributed by atoms with Gasteiger partial charge in [0.1, 0.15) is 5.76 Å². The van der Waals surface area contributed by atoms with Gasteiger partial charge in [-0.05, 0) is 18.1 Å². The number of nitrogen functional groups attached to an aromatic ring is 1. The zero-order valence-corrected chi connectivity index (χ0v) is 13.3. The largest absolute Gasteiger partial charge is 0.380 e. The van der Waals surface area contributed by atoms with Crippen LogP contribution in [-0.4, -0.2) is 5.16 Å². The SMILES string of the molecule is Nc1noc(CC2CCCCC2)c1-c1ccc(Cl)cc1Cl. The summed E-state index contributed by atoms with van der Waals surface area (Å²) in [4.78, 5) is 0. The van der Waals surface area contributed by atoms with Crippen LogP contribution in [0.3, 0.4) is 0 Å². The standard InChI is InChI=1S/C16H18Cl2N2O/c17-11-6-7-12(13(18)9-11)15-14(21-20-16(15)19)8-10-4-2-1-3-5-10/h6-7,9-10H,1-5,8H2,(H2,19,20). The molecule has 112 valence electrons. The van der Waals surface area contributed by atoms with Crippen LogP contribution in [0, 0.1) is 5.92 Å². The fraction of sp³-hybridized carbons (Fsp3) is 0.438. The van der Waals surface area contributed by atoms with Gasteiger partial charge in [-0.15, -0.1) is 0 Å². The van der Waals surface area contributed by atoms with E-state index in [1.165, 1.54) is 32.1 Å². The van der Waals surface area contributed by atoms with Gasteiger partial charge in [-0.25, -0.2) is 0 Å². The summed E-state index contributed by atoms with van der Waals surface area (Å²) in [5.74, 6) is 1.88. The van der Waals surface area contributed by atoms with Gasteiger partial charge >= 0.3 is 0 Å². The first-order valence-corrected chi connectivity index (χ1v) is 8.10. The predicted molar refractivity (Wildman–Crippen MR) is 86.7 cm³/mol. The molecule has 1 saturated carbocycles. The molecule has 0 amide bonds. The minimum Gasteiger partial charge on any atom is -0.380 e. The van der Waals surface area contributed by atoms with Crippen LogP contribution in [0.1, 0.15) is 37.9 Å². The van der Waals surface area contributed by atoms with Crippen molar-refractivity contribution in [3.8, 4) is 11.1 Å². The minimum absolute atomic E-state index is 0.394. The molecule has 0 bridgehead atoms. The van der Waals surface area contributed by atoms with Gasteiger partial charge in [-0.2, -0.15) is 0 Å². The van der Waals surface area contributed by atoms with Crippen LogP contribution in [0.2, 0.25) is 10.0 Å². The second-order valence-corrected chi connectivity index (χ2v) is 6.54. The van der Waals surface area contributed by atoms with E-state index in [4.69, 9.17) is 33.5 Å². The Morgan fingerprint density at radius 2 is 1.95 bits per heavy atom. The molecule has 1 aromatic carbocycles. The summed E-state index contributed by atoms with van der Waals surface area (Å²) < 4.78 is 5.47. The highest BCUT2D eigenvalue weighted by Crippen LogP contribution is 2.38. The first-order valence-electron chi connectivity index (χ1n) is 7.34. The van der Waals surface area contributed by atoms with Crippen molar-refractivity contribution in [2.24, 2.45) is 5.92 Å². The second kappa shape index (κ2) is 6.29. The predicted octanol–water partition coefficient (Wildman–Crippen LogP) is 5.35. The average molecular weight is 325 g/mol. The Kier molecular flexibility index (Phi) is 4.41. The number of nitrogens with zero attached hydrogens (tertiary/aromatic N) is 1. The lowest BCUT2D eigenvalue weighted by atomic mass is 9.85. The first kappa shape index (κ1) is 14.7. The summed E-state index contributed by atoms with van der Waals surface area (Å²) in [6, 6.07) is 5.40. The third kappa shape index (κ3) is 3.19. The lowest BCUT2D eigenvalue weighted by Crippen LogP contribution is -2.09. The maximum Gasteiger partial charge on any atom is 0.175 e. The van der Waals surface area contributed by atoms with Crippen molar-refractivity contribution in [2.45, 2.75) is 38.5 Å². The zero-order chi connectivity index (χ0) is 14.8. The van der Waals surface area contributed by atoms with E-state index >= 15 is 0 Å². The number of hydrogen-bond acceptors (Lipinski definition) is 3. The van der Waals surface area contributed by atoms with E-state index in [-0.39, 0.29) is 0 Å². The molecular weight excluding hydrogens is 307 g/mol. The lowest BCUT2D eigenvalue weighted by Gasteiger charge is -2.20. The van der Waals surface area contributed by atoms with Crippen molar-refractivity contribution in [3.05, 3.63) is 34.0 Å². The monoisotopic (exact) mass is 324 g/mol. The van der Waals surface area contributed by atoms with Crippen molar-refractivity contribution < 1.29 is 4.52 Å². The van der Waals surface area contributed by atoms with E-state index in [0.29, 0.717) is 21.8 Å². The number of rotatable bonds is 3. The van der Waals surface area contributed by atoms with Crippen molar-refractivity contribution in [1.82, 2.24) is 5.16 Å². The van der Waals surface area contributed by atoms with Gasteiger partial charge in [-0.1, -0.05) is 66.5 Å². The van der Waals surface area contributed by atoms with E-state index in [0.717, 1.165) is 23.3 Å². The third-order valence-electron chi connectivity index (χ3n) is 4.19. The highest BCUT2D eigenvalue weighted by atomic mass is 35.5. The number of benzene rings is 1. The summed E-state index contributed by atoms with van der Waals surface area (Å²) in [7, 11) is 0. The van der Waals surface area contributed by atoms with Crippen molar-refractivity contribution in [2.75, 3.05) is 5.73 Å². The quantitative estimate of drug-likeness (QED) is 0.827. The van der Waals surface area contributed by atoms with Crippen LogP contribution in [0.25, 0.3) is 11.1 Å². The summed E-state index contributed by atoms with van der Waals surface area (Å²) in [6.45, 7) is 0. The van der Waals surface area contributed by atoms with E-state index in [9.17, 15) is 0 Å². The molecule has 21 heavy (non-hydrogen) atoms. The average Bonchev–Trinajstić information content (AvgIpc) is 2.81. The summed E-state index contributed by atoms with van der Waals surface area (Å²) in [5, 5.41) is 5.11. The Balaban J connectivity index is 1.92. The lowest BCUT2D eigenvalue weighted by molar-refractivity contribution is 0.311. The summed E-state index contributed by atoms with van der Waals surface area (Å²) in [5.41, 5.74) is 7.65.